The molecule has 1 aromatic carbocycles. The van der Waals surface area contributed by atoms with E-state index in [0.717, 1.165) is 5.56 Å². The molecule has 1 aromatic heterocycles. The Labute approximate surface area is 175 Å². The second-order valence-corrected chi connectivity index (χ2v) is 6.70. The average molecular weight is 461 g/mol. The van der Waals surface area contributed by atoms with Gasteiger partial charge in [0.05, 0.1) is 18.5 Å². The van der Waals surface area contributed by atoms with Crippen LogP contribution in [0.1, 0.15) is 22.4 Å². The van der Waals surface area contributed by atoms with Gasteiger partial charge in [0.25, 0.3) is 5.91 Å². The van der Waals surface area contributed by atoms with E-state index in [2.05, 4.69) is 31.4 Å². The first-order chi connectivity index (χ1) is 14.0. The Morgan fingerprint density at radius 2 is 2.24 bits per heavy atom. The number of carbonyl (C=O) groups is 1. The van der Waals surface area contributed by atoms with E-state index in [4.69, 9.17) is 18.9 Å². The van der Waals surface area contributed by atoms with Gasteiger partial charge in [0, 0.05) is 17.1 Å². The van der Waals surface area contributed by atoms with Crippen LogP contribution in [0.5, 0.6) is 17.4 Å². The van der Waals surface area contributed by atoms with E-state index in [9.17, 15) is 10.1 Å². The highest BCUT2D eigenvalue weighted by atomic mass is 79.9. The predicted octanol–water partition coefficient (Wildman–Crippen LogP) is 2.43. The lowest BCUT2D eigenvalue weighted by atomic mass is 10.1. The zero-order valence-electron chi connectivity index (χ0n) is 15.7. The number of halogens is 1. The second-order valence-electron chi connectivity index (χ2n) is 5.91. The zero-order valence-corrected chi connectivity index (χ0v) is 17.3. The molecule has 3 rings (SSSR count). The monoisotopic (exact) mass is 460 g/mol. The van der Waals surface area contributed by atoms with Crippen molar-refractivity contribution in [1.29, 1.82) is 5.26 Å². The van der Waals surface area contributed by atoms with Crippen LogP contribution in [0.4, 0.5) is 0 Å². The number of ether oxygens (including phenoxy) is 4. The summed E-state index contributed by atoms with van der Waals surface area (Å²) < 4.78 is 21.8. The van der Waals surface area contributed by atoms with Gasteiger partial charge in [-0.05, 0) is 46.6 Å². The molecule has 0 fully saturated rings. The minimum absolute atomic E-state index is 0.0650. The third-order valence-electron chi connectivity index (χ3n) is 3.91. The standard InChI is InChI=1S/C19H17BrN4O5/c1-11-18(20)14(8-26-2)13(6-21)19(23-11)27-9-17(25)24-22-7-12-3-4-15-16(5-12)29-10-28-15/h3-5,7H,8-10H2,1-2H3,(H,24,25). The highest BCUT2D eigenvalue weighted by Crippen LogP contribution is 2.32. The Balaban J connectivity index is 1.61. The number of aryl methyl sites for hydroxylation is 1. The van der Waals surface area contributed by atoms with E-state index in [-0.39, 0.29) is 31.5 Å². The lowest BCUT2D eigenvalue weighted by molar-refractivity contribution is -0.123. The molecule has 1 aliphatic heterocycles. The van der Waals surface area contributed by atoms with Crippen LogP contribution < -0.4 is 19.6 Å². The summed E-state index contributed by atoms with van der Waals surface area (Å²) in [7, 11) is 1.52. The normalized spacial score (nSPS) is 12.1. The molecule has 0 spiro atoms. The van der Waals surface area contributed by atoms with Gasteiger partial charge in [0.1, 0.15) is 11.6 Å². The Hall–Kier alpha value is -3.16. The molecule has 0 saturated carbocycles. The summed E-state index contributed by atoms with van der Waals surface area (Å²) >= 11 is 3.40. The summed E-state index contributed by atoms with van der Waals surface area (Å²) in [5, 5.41) is 13.3. The Morgan fingerprint density at radius 1 is 1.45 bits per heavy atom. The number of pyridine rings is 1. The molecule has 0 atom stereocenters. The molecule has 150 valence electrons. The molecule has 29 heavy (non-hydrogen) atoms. The third kappa shape index (κ3) is 4.82. The first kappa shape index (κ1) is 20.6. The zero-order chi connectivity index (χ0) is 20.8. The number of nitrogens with one attached hydrogen (secondary N) is 1. The molecule has 1 aliphatic rings. The molecule has 10 heteroatoms. The fourth-order valence-electron chi connectivity index (χ4n) is 2.55. The topological polar surface area (TPSA) is 115 Å². The number of benzene rings is 1. The van der Waals surface area contributed by atoms with Gasteiger partial charge in [0.15, 0.2) is 18.1 Å². The number of carbonyl (C=O) groups excluding carboxylic acids is 1. The SMILES string of the molecule is COCc1c(Br)c(C)nc(OCC(=O)NN=Cc2ccc3c(c2)OCO3)c1C#N. The molecular formula is C19H17BrN4O5. The summed E-state index contributed by atoms with van der Waals surface area (Å²) in [5.41, 5.74) is 4.53. The van der Waals surface area contributed by atoms with Gasteiger partial charge in [0.2, 0.25) is 12.7 Å². The Morgan fingerprint density at radius 3 is 3.00 bits per heavy atom. The van der Waals surface area contributed by atoms with Crippen molar-refractivity contribution in [2.45, 2.75) is 13.5 Å². The van der Waals surface area contributed by atoms with Crippen LogP contribution in [0.2, 0.25) is 0 Å². The van der Waals surface area contributed by atoms with Gasteiger partial charge >= 0.3 is 0 Å². The van der Waals surface area contributed by atoms with Gasteiger partial charge in [-0.15, -0.1) is 0 Å². The molecule has 0 unspecified atom stereocenters. The van der Waals surface area contributed by atoms with Gasteiger partial charge in [-0.1, -0.05) is 0 Å². The van der Waals surface area contributed by atoms with E-state index in [1.165, 1.54) is 13.3 Å². The summed E-state index contributed by atoms with van der Waals surface area (Å²) in [6, 6.07) is 7.34. The van der Waals surface area contributed by atoms with Gasteiger partial charge in [-0.3, -0.25) is 4.79 Å². The van der Waals surface area contributed by atoms with Gasteiger partial charge in [-0.2, -0.15) is 10.4 Å². The first-order valence-corrected chi connectivity index (χ1v) is 9.25. The van der Waals surface area contributed by atoms with Crippen molar-refractivity contribution in [3.8, 4) is 23.4 Å². The second kappa shape index (κ2) is 9.36. The van der Waals surface area contributed by atoms with E-state index < -0.39 is 5.91 Å². The largest absolute Gasteiger partial charge is 0.467 e. The van der Waals surface area contributed by atoms with Crippen LogP contribution in [0, 0.1) is 18.3 Å². The number of hydrogen-bond acceptors (Lipinski definition) is 8. The lowest BCUT2D eigenvalue weighted by Crippen LogP contribution is -2.25. The van der Waals surface area contributed by atoms with Crippen molar-refractivity contribution in [3.63, 3.8) is 0 Å². The number of methoxy groups -OCH3 is 1. The van der Waals surface area contributed by atoms with Crippen LogP contribution in [-0.4, -0.2) is 37.6 Å². The molecule has 0 radical (unpaired) electrons. The molecule has 9 nitrogen and oxygen atoms in total. The van der Waals surface area contributed by atoms with Crippen LogP contribution in [0.15, 0.2) is 27.8 Å². The number of aromatic nitrogens is 1. The average Bonchev–Trinajstić information content (AvgIpc) is 3.18. The number of hydrazone groups is 1. The molecule has 0 aliphatic carbocycles. The molecule has 0 bridgehead atoms. The van der Waals surface area contributed by atoms with Crippen molar-refractivity contribution < 1.29 is 23.7 Å². The smallest absolute Gasteiger partial charge is 0.278 e. The quantitative estimate of drug-likeness (QED) is 0.498. The number of hydrogen-bond donors (Lipinski definition) is 1. The van der Waals surface area contributed by atoms with Crippen LogP contribution in [0.25, 0.3) is 0 Å². The highest BCUT2D eigenvalue weighted by Gasteiger charge is 2.18. The first-order valence-electron chi connectivity index (χ1n) is 8.45. The number of fused-ring (bicyclic) bond motifs is 1. The lowest BCUT2D eigenvalue weighted by Gasteiger charge is -2.13. The van der Waals surface area contributed by atoms with Crippen LogP contribution >= 0.6 is 15.9 Å². The number of nitriles is 1. The summed E-state index contributed by atoms with van der Waals surface area (Å²) in [5.74, 6) is 0.853. The van der Waals surface area contributed by atoms with Gasteiger partial charge in [-0.25, -0.2) is 10.4 Å². The predicted molar refractivity (Wildman–Crippen MR) is 106 cm³/mol. The fraction of sp³-hybridized carbons (Fsp3) is 0.263. The van der Waals surface area contributed by atoms with Crippen molar-refractivity contribution in [2.24, 2.45) is 5.10 Å². The maximum absolute atomic E-state index is 12.0. The van der Waals surface area contributed by atoms with Crippen molar-refractivity contribution in [2.75, 3.05) is 20.5 Å². The van der Waals surface area contributed by atoms with E-state index in [1.54, 1.807) is 25.1 Å². The van der Waals surface area contributed by atoms with E-state index in [0.29, 0.717) is 27.2 Å². The van der Waals surface area contributed by atoms with Crippen molar-refractivity contribution >= 4 is 28.1 Å². The van der Waals surface area contributed by atoms with E-state index >= 15 is 0 Å². The number of nitrogens with zero attached hydrogens (tertiary/aromatic N) is 3. The summed E-state index contributed by atoms with van der Waals surface area (Å²) in [6.07, 6.45) is 1.47. The summed E-state index contributed by atoms with van der Waals surface area (Å²) in [6.45, 7) is 1.79. The summed E-state index contributed by atoms with van der Waals surface area (Å²) in [4.78, 5) is 16.2. The number of amides is 1. The van der Waals surface area contributed by atoms with Crippen LogP contribution in [0.3, 0.4) is 0 Å². The minimum atomic E-state index is -0.499. The molecule has 0 saturated heterocycles. The minimum Gasteiger partial charge on any atom is -0.467 e. The third-order valence-corrected chi connectivity index (χ3v) is 4.96. The molecule has 1 N–H and O–H groups in total. The Bertz CT molecular complexity index is 1000. The fourth-order valence-corrected chi connectivity index (χ4v) is 2.95. The highest BCUT2D eigenvalue weighted by molar-refractivity contribution is 9.10. The van der Waals surface area contributed by atoms with Crippen LogP contribution in [-0.2, 0) is 16.1 Å². The number of rotatable bonds is 7. The van der Waals surface area contributed by atoms with Crippen molar-refractivity contribution in [1.82, 2.24) is 10.4 Å². The van der Waals surface area contributed by atoms with Gasteiger partial charge < -0.3 is 18.9 Å². The van der Waals surface area contributed by atoms with Crippen molar-refractivity contribution in [3.05, 3.63) is 45.1 Å². The maximum Gasteiger partial charge on any atom is 0.278 e. The molecular weight excluding hydrogens is 444 g/mol. The molecule has 2 heterocycles. The molecule has 1 amide bonds. The van der Waals surface area contributed by atoms with E-state index in [1.807, 2.05) is 6.07 Å². The Kier molecular flexibility index (Phi) is 6.64. The maximum atomic E-state index is 12.0. The molecule has 2 aromatic rings.